The monoisotopic (exact) mass is 110 g/mol. The van der Waals surface area contributed by atoms with Gasteiger partial charge in [-0.2, -0.15) is 0 Å². The molecule has 0 radical (unpaired) electrons. The summed E-state index contributed by atoms with van der Waals surface area (Å²) < 4.78 is 0. The maximum absolute atomic E-state index is 3.74. The molecule has 0 saturated heterocycles. The average Bonchev–Trinajstić information content (AvgIpc) is 1.64. The van der Waals surface area contributed by atoms with Crippen molar-refractivity contribution in [3.63, 3.8) is 0 Å². The van der Waals surface area contributed by atoms with E-state index < -0.39 is 0 Å². The second-order valence-corrected chi connectivity index (χ2v) is 1.82. The molecule has 1 aromatic carbocycles. The van der Waals surface area contributed by atoms with Gasteiger partial charge in [-0.05, 0) is 12.1 Å². The summed E-state index contributed by atoms with van der Waals surface area (Å²) in [7, 11) is 0. The third kappa shape index (κ3) is 1.05. The first kappa shape index (κ1) is 5.28. The molecule has 0 aromatic heterocycles. The Morgan fingerprint density at radius 2 is 1.50 bits per heavy atom. The highest BCUT2D eigenvalue weighted by Crippen LogP contribution is 2.02. The molecule has 0 aliphatic rings. The lowest BCUT2D eigenvalue weighted by molar-refractivity contribution is -0.265. The maximum atomic E-state index is 3.74. The molecule has 2 heteroatoms. The van der Waals surface area contributed by atoms with E-state index in [-0.39, 0.29) is 0 Å². The number of benzene rings is 1. The van der Waals surface area contributed by atoms with Gasteiger partial charge in [0, 0.05) is 0 Å². The summed E-state index contributed by atoms with van der Waals surface area (Å²) in [5, 5.41) is 0. The van der Waals surface area contributed by atoms with Crippen molar-refractivity contribution in [1.29, 1.82) is 0 Å². The molecule has 0 spiro atoms. The fraction of sp³-hybridized carbons (Fsp3) is 0. The summed E-state index contributed by atoms with van der Waals surface area (Å²) in [6.45, 7) is 0. The molecular formula is C6H10N2+2. The van der Waals surface area contributed by atoms with E-state index in [1.54, 1.807) is 0 Å². The van der Waals surface area contributed by atoms with E-state index in [1.165, 1.54) is 0 Å². The van der Waals surface area contributed by atoms with Crippen LogP contribution in [0.3, 0.4) is 0 Å². The molecular weight excluding hydrogens is 100 g/mol. The van der Waals surface area contributed by atoms with Crippen molar-refractivity contribution < 1.29 is 11.5 Å². The third-order valence-electron chi connectivity index (χ3n) is 0.991. The number of hydrogen-bond donors (Lipinski definition) is 2. The average molecular weight is 110 g/mol. The summed E-state index contributed by atoms with van der Waals surface area (Å²) >= 11 is 0. The van der Waals surface area contributed by atoms with Crippen LogP contribution >= 0.6 is 0 Å². The topological polar surface area (TPSA) is 55.3 Å². The van der Waals surface area contributed by atoms with Crippen LogP contribution in [0, 0.1) is 0 Å². The molecule has 0 amide bonds. The predicted octanol–water partition coefficient (Wildman–Crippen LogP) is -0.567. The van der Waals surface area contributed by atoms with Gasteiger partial charge in [-0.25, -0.2) is 0 Å². The molecule has 0 aliphatic carbocycles. The van der Waals surface area contributed by atoms with E-state index >= 15 is 0 Å². The quantitative estimate of drug-likeness (QED) is 0.449. The van der Waals surface area contributed by atoms with E-state index in [0.29, 0.717) is 0 Å². The van der Waals surface area contributed by atoms with Gasteiger partial charge in [-0.1, -0.05) is 6.07 Å². The largest absolute Gasteiger partial charge is 0.325 e. The third-order valence-corrected chi connectivity index (χ3v) is 0.991. The van der Waals surface area contributed by atoms with Gasteiger partial charge < -0.3 is 11.5 Å². The normalized spacial score (nSPS) is 9.25. The van der Waals surface area contributed by atoms with Crippen LogP contribution in [0.2, 0.25) is 0 Å². The lowest BCUT2D eigenvalue weighted by Crippen LogP contribution is -2.43. The SMILES string of the molecule is [NH3+]c1cccc([NH3+])c1. The first-order chi connectivity index (χ1) is 3.79. The van der Waals surface area contributed by atoms with E-state index in [0.717, 1.165) is 11.4 Å². The molecule has 1 rings (SSSR count). The molecule has 0 aliphatic heterocycles. The zero-order chi connectivity index (χ0) is 5.98. The minimum Gasteiger partial charge on any atom is -0.325 e. The van der Waals surface area contributed by atoms with Crippen LogP contribution < -0.4 is 11.5 Å². The molecule has 0 fully saturated rings. The van der Waals surface area contributed by atoms with Gasteiger partial charge >= 0.3 is 0 Å². The Labute approximate surface area is 48.1 Å². The second-order valence-electron chi connectivity index (χ2n) is 1.82. The van der Waals surface area contributed by atoms with Crippen molar-refractivity contribution in [3.8, 4) is 0 Å². The summed E-state index contributed by atoms with van der Waals surface area (Å²) in [5.41, 5.74) is 9.53. The minimum atomic E-state index is 1.03. The molecule has 0 saturated carbocycles. The number of hydrogen-bond acceptors (Lipinski definition) is 0. The summed E-state index contributed by atoms with van der Waals surface area (Å²) in [6, 6.07) is 7.80. The van der Waals surface area contributed by atoms with E-state index in [9.17, 15) is 0 Å². The van der Waals surface area contributed by atoms with E-state index in [1.807, 2.05) is 24.3 Å². The Bertz CT molecular complexity index is 166. The molecule has 42 valence electrons. The van der Waals surface area contributed by atoms with Gasteiger partial charge in [-0.15, -0.1) is 0 Å². The summed E-state index contributed by atoms with van der Waals surface area (Å²) in [4.78, 5) is 0. The van der Waals surface area contributed by atoms with Crippen molar-refractivity contribution in [2.75, 3.05) is 0 Å². The van der Waals surface area contributed by atoms with Crippen LogP contribution in [0.25, 0.3) is 0 Å². The molecule has 0 atom stereocenters. The van der Waals surface area contributed by atoms with Gasteiger partial charge in [0.2, 0.25) is 0 Å². The molecule has 6 N–H and O–H groups in total. The standard InChI is InChI=1S/C6H8N2/c7-5-2-1-3-6(8)4-5/h1-4H,7-8H2/p+2. The highest BCUT2D eigenvalue weighted by molar-refractivity contribution is 5.39. The van der Waals surface area contributed by atoms with Gasteiger partial charge in [0.1, 0.15) is 11.4 Å². The van der Waals surface area contributed by atoms with Crippen LogP contribution in [-0.2, 0) is 0 Å². The lowest BCUT2D eigenvalue weighted by atomic mass is 10.3. The van der Waals surface area contributed by atoms with Crippen molar-refractivity contribution in [2.24, 2.45) is 0 Å². The molecule has 0 bridgehead atoms. The Kier molecular flexibility index (Phi) is 1.28. The van der Waals surface area contributed by atoms with Crippen LogP contribution in [0.1, 0.15) is 0 Å². The van der Waals surface area contributed by atoms with E-state index in [4.69, 9.17) is 0 Å². The van der Waals surface area contributed by atoms with Crippen LogP contribution in [0.5, 0.6) is 0 Å². The number of quaternary nitrogens is 2. The molecule has 0 unspecified atom stereocenters. The highest BCUT2D eigenvalue weighted by atomic mass is 14.6. The van der Waals surface area contributed by atoms with Crippen molar-refractivity contribution >= 4 is 11.4 Å². The van der Waals surface area contributed by atoms with Gasteiger partial charge in [0.15, 0.2) is 0 Å². The lowest BCUT2D eigenvalue weighted by Gasteiger charge is -1.84. The van der Waals surface area contributed by atoms with Crippen LogP contribution in [0.4, 0.5) is 11.4 Å². The van der Waals surface area contributed by atoms with Crippen LogP contribution in [0.15, 0.2) is 24.3 Å². The molecule has 0 heterocycles. The maximum Gasteiger partial charge on any atom is 0.133 e. The second kappa shape index (κ2) is 1.94. The minimum absolute atomic E-state index is 1.03. The molecule has 2 nitrogen and oxygen atoms in total. The first-order valence-electron chi connectivity index (χ1n) is 2.53. The van der Waals surface area contributed by atoms with Crippen LogP contribution in [-0.4, -0.2) is 0 Å². The first-order valence-corrected chi connectivity index (χ1v) is 2.53. The smallest absolute Gasteiger partial charge is 0.133 e. The zero-order valence-corrected chi connectivity index (χ0v) is 4.72. The van der Waals surface area contributed by atoms with Gasteiger partial charge in [-0.3, -0.25) is 0 Å². The summed E-state index contributed by atoms with van der Waals surface area (Å²) in [5.74, 6) is 0. The van der Waals surface area contributed by atoms with E-state index in [2.05, 4.69) is 11.5 Å². The fourth-order valence-electron chi connectivity index (χ4n) is 0.630. The summed E-state index contributed by atoms with van der Waals surface area (Å²) in [6.07, 6.45) is 0. The zero-order valence-electron chi connectivity index (χ0n) is 4.72. The highest BCUT2D eigenvalue weighted by Gasteiger charge is 1.88. The van der Waals surface area contributed by atoms with Crippen molar-refractivity contribution in [1.82, 2.24) is 0 Å². The van der Waals surface area contributed by atoms with Gasteiger partial charge in [0.05, 0.1) is 6.07 Å². The van der Waals surface area contributed by atoms with Crippen molar-refractivity contribution in [3.05, 3.63) is 24.3 Å². The van der Waals surface area contributed by atoms with Crippen molar-refractivity contribution in [2.45, 2.75) is 0 Å². The molecule has 1 aromatic rings. The molecule has 8 heavy (non-hydrogen) atoms. The number of rotatable bonds is 0. The van der Waals surface area contributed by atoms with Gasteiger partial charge in [0.25, 0.3) is 0 Å². The Morgan fingerprint density at radius 3 is 1.75 bits per heavy atom. The Hall–Kier alpha value is -0.860. The Balaban J connectivity index is 3.08. The predicted molar refractivity (Wildman–Crippen MR) is 31.5 cm³/mol. The fourth-order valence-corrected chi connectivity index (χ4v) is 0.630. The Morgan fingerprint density at radius 1 is 1.00 bits per heavy atom.